The third kappa shape index (κ3) is 3.57. The van der Waals surface area contributed by atoms with Gasteiger partial charge in [0.2, 0.25) is 0 Å². The average Bonchev–Trinajstić information content (AvgIpc) is 2.92. The van der Waals surface area contributed by atoms with E-state index in [4.69, 9.17) is 4.74 Å². The van der Waals surface area contributed by atoms with Gasteiger partial charge < -0.3 is 10.1 Å². The Morgan fingerprint density at radius 2 is 2.05 bits per heavy atom. The quantitative estimate of drug-likeness (QED) is 0.918. The molecule has 1 atom stereocenters. The van der Waals surface area contributed by atoms with Crippen LogP contribution in [0.1, 0.15) is 42.9 Å². The van der Waals surface area contributed by atoms with Crippen molar-refractivity contribution < 1.29 is 9.53 Å². The largest absolute Gasteiger partial charge is 0.491 e. The van der Waals surface area contributed by atoms with E-state index in [-0.39, 0.29) is 18.1 Å². The van der Waals surface area contributed by atoms with Crippen LogP contribution in [0.3, 0.4) is 0 Å². The number of benzene rings is 1. The second-order valence-corrected chi connectivity index (χ2v) is 5.49. The summed E-state index contributed by atoms with van der Waals surface area (Å²) in [4.78, 5) is 16.0. The summed E-state index contributed by atoms with van der Waals surface area (Å²) in [6.45, 7) is 5.90. The Morgan fingerprint density at radius 1 is 1.30 bits per heavy atom. The fourth-order valence-electron chi connectivity index (χ4n) is 1.87. The van der Waals surface area contributed by atoms with Gasteiger partial charge in [-0.05, 0) is 26.8 Å². The van der Waals surface area contributed by atoms with Gasteiger partial charge in [0.25, 0.3) is 5.91 Å². The summed E-state index contributed by atoms with van der Waals surface area (Å²) in [7, 11) is 0. The van der Waals surface area contributed by atoms with E-state index in [2.05, 4.69) is 10.3 Å². The zero-order chi connectivity index (χ0) is 14.5. The topological polar surface area (TPSA) is 51.2 Å². The summed E-state index contributed by atoms with van der Waals surface area (Å²) in [6.07, 6.45) is 0.0950. The molecule has 0 saturated heterocycles. The lowest BCUT2D eigenvalue weighted by molar-refractivity contribution is 0.0935. The molecule has 106 valence electrons. The number of nitrogens with one attached hydrogen (secondary N) is 1. The molecule has 0 fully saturated rings. The summed E-state index contributed by atoms with van der Waals surface area (Å²) in [5, 5.41) is 4.67. The molecule has 1 aromatic carbocycles. The molecule has 0 aliphatic heterocycles. The summed E-state index contributed by atoms with van der Waals surface area (Å²) in [6, 6.07) is 7.61. The van der Waals surface area contributed by atoms with Gasteiger partial charge in [0.05, 0.1) is 17.7 Å². The fraction of sp³-hybridized carbons (Fsp3) is 0.333. The van der Waals surface area contributed by atoms with Crippen LogP contribution in [-0.4, -0.2) is 17.0 Å². The Labute approximate surface area is 122 Å². The van der Waals surface area contributed by atoms with Crippen LogP contribution < -0.4 is 10.1 Å². The molecule has 1 heterocycles. The monoisotopic (exact) mass is 290 g/mol. The molecule has 1 aromatic heterocycles. The predicted molar refractivity (Wildman–Crippen MR) is 80.2 cm³/mol. The first-order valence-corrected chi connectivity index (χ1v) is 7.47. The minimum atomic E-state index is -0.168. The Morgan fingerprint density at radius 3 is 2.70 bits per heavy atom. The molecule has 1 unspecified atom stereocenters. The first-order chi connectivity index (χ1) is 9.58. The molecule has 0 spiro atoms. The molecule has 5 heteroatoms. The molecule has 0 bridgehead atoms. The van der Waals surface area contributed by atoms with Gasteiger partial charge in [-0.15, -0.1) is 11.3 Å². The van der Waals surface area contributed by atoms with Crippen molar-refractivity contribution in [2.75, 3.05) is 0 Å². The van der Waals surface area contributed by atoms with Gasteiger partial charge in [-0.2, -0.15) is 0 Å². The van der Waals surface area contributed by atoms with Crippen LogP contribution in [0.2, 0.25) is 0 Å². The highest BCUT2D eigenvalue weighted by Gasteiger charge is 2.16. The number of thiazole rings is 1. The van der Waals surface area contributed by atoms with Gasteiger partial charge in [0.1, 0.15) is 11.4 Å². The Hall–Kier alpha value is -1.88. The van der Waals surface area contributed by atoms with Crippen LogP contribution in [0.15, 0.2) is 35.2 Å². The van der Waals surface area contributed by atoms with Crippen molar-refractivity contribution in [3.05, 3.63) is 46.4 Å². The minimum absolute atomic E-state index is 0.0950. The van der Waals surface area contributed by atoms with Gasteiger partial charge in [0, 0.05) is 10.9 Å². The molecular weight excluding hydrogens is 272 g/mol. The van der Waals surface area contributed by atoms with Gasteiger partial charge in [0.15, 0.2) is 0 Å². The highest BCUT2D eigenvalue weighted by Crippen LogP contribution is 2.25. The number of rotatable bonds is 5. The van der Waals surface area contributed by atoms with Gasteiger partial charge in [-0.25, -0.2) is 4.98 Å². The van der Waals surface area contributed by atoms with Crippen molar-refractivity contribution in [3.63, 3.8) is 0 Å². The van der Waals surface area contributed by atoms with Crippen LogP contribution in [-0.2, 0) is 0 Å². The number of carbonyl (C=O) groups is 1. The number of hydrogen-bond acceptors (Lipinski definition) is 4. The highest BCUT2D eigenvalue weighted by molar-refractivity contribution is 7.07. The van der Waals surface area contributed by atoms with Crippen LogP contribution in [0.25, 0.3) is 0 Å². The lowest BCUT2D eigenvalue weighted by Crippen LogP contribution is -2.27. The molecule has 0 aliphatic rings. The molecule has 0 radical (unpaired) electrons. The van der Waals surface area contributed by atoms with Gasteiger partial charge >= 0.3 is 0 Å². The van der Waals surface area contributed by atoms with Crippen LogP contribution in [0.5, 0.6) is 5.75 Å². The molecule has 20 heavy (non-hydrogen) atoms. The van der Waals surface area contributed by atoms with Crippen molar-refractivity contribution in [1.82, 2.24) is 10.3 Å². The normalized spacial score (nSPS) is 12.2. The van der Waals surface area contributed by atoms with E-state index in [1.807, 2.05) is 45.0 Å². The zero-order valence-electron chi connectivity index (χ0n) is 11.8. The van der Waals surface area contributed by atoms with Gasteiger partial charge in [-0.3, -0.25) is 4.79 Å². The molecule has 2 rings (SSSR count). The number of amides is 1. The average molecular weight is 290 g/mol. The number of hydrogen-bond donors (Lipinski definition) is 1. The lowest BCUT2D eigenvalue weighted by Gasteiger charge is -2.19. The van der Waals surface area contributed by atoms with Crippen molar-refractivity contribution in [2.24, 2.45) is 0 Å². The summed E-state index contributed by atoms with van der Waals surface area (Å²) < 4.78 is 5.77. The lowest BCUT2D eigenvalue weighted by atomic mass is 10.1. The van der Waals surface area contributed by atoms with E-state index in [9.17, 15) is 4.79 Å². The number of nitrogens with zero attached hydrogens (tertiary/aromatic N) is 1. The second kappa shape index (κ2) is 6.52. The Kier molecular flexibility index (Phi) is 4.74. The van der Waals surface area contributed by atoms with E-state index in [0.717, 1.165) is 11.3 Å². The Balaban J connectivity index is 2.13. The van der Waals surface area contributed by atoms with E-state index in [1.54, 1.807) is 10.9 Å². The maximum atomic E-state index is 12.0. The minimum Gasteiger partial charge on any atom is -0.491 e. The van der Waals surface area contributed by atoms with Crippen LogP contribution in [0, 0.1) is 0 Å². The van der Waals surface area contributed by atoms with Crippen molar-refractivity contribution in [2.45, 2.75) is 32.9 Å². The third-order valence-corrected chi connectivity index (χ3v) is 3.35. The molecule has 1 amide bonds. The van der Waals surface area contributed by atoms with E-state index in [1.165, 1.54) is 11.3 Å². The predicted octanol–water partition coefficient (Wildman–Crippen LogP) is 3.42. The van der Waals surface area contributed by atoms with Crippen molar-refractivity contribution in [3.8, 4) is 5.75 Å². The standard InChI is InChI=1S/C15H18N2O2S/c1-10(2)19-14-7-5-4-6-12(14)11(3)17-15(18)13-8-20-9-16-13/h4-11H,1-3H3,(H,17,18). The summed E-state index contributed by atoms with van der Waals surface area (Å²) in [5.41, 5.74) is 3.06. The summed E-state index contributed by atoms with van der Waals surface area (Å²) in [5.74, 6) is 0.631. The second-order valence-electron chi connectivity index (χ2n) is 4.77. The maximum absolute atomic E-state index is 12.0. The van der Waals surface area contributed by atoms with E-state index < -0.39 is 0 Å². The summed E-state index contributed by atoms with van der Waals surface area (Å²) >= 11 is 1.41. The number of aromatic nitrogens is 1. The van der Waals surface area contributed by atoms with Crippen molar-refractivity contribution in [1.29, 1.82) is 0 Å². The fourth-order valence-corrected chi connectivity index (χ4v) is 2.40. The molecule has 0 saturated carbocycles. The first-order valence-electron chi connectivity index (χ1n) is 6.52. The first kappa shape index (κ1) is 14.5. The number of para-hydroxylation sites is 1. The highest BCUT2D eigenvalue weighted by atomic mass is 32.1. The van der Waals surface area contributed by atoms with Gasteiger partial charge in [-0.1, -0.05) is 18.2 Å². The SMILES string of the molecule is CC(C)Oc1ccccc1C(C)NC(=O)c1cscn1. The maximum Gasteiger partial charge on any atom is 0.271 e. The third-order valence-electron chi connectivity index (χ3n) is 2.76. The number of ether oxygens (including phenoxy) is 1. The molecule has 0 aliphatic carbocycles. The van der Waals surface area contributed by atoms with E-state index >= 15 is 0 Å². The molecule has 4 nitrogen and oxygen atoms in total. The zero-order valence-corrected chi connectivity index (χ0v) is 12.6. The molecule has 1 N–H and O–H groups in total. The molecule has 2 aromatic rings. The van der Waals surface area contributed by atoms with Crippen molar-refractivity contribution >= 4 is 17.2 Å². The van der Waals surface area contributed by atoms with Crippen LogP contribution in [0.4, 0.5) is 0 Å². The Bertz CT molecular complexity index is 567. The van der Waals surface area contributed by atoms with Crippen LogP contribution >= 0.6 is 11.3 Å². The van der Waals surface area contributed by atoms with E-state index in [0.29, 0.717) is 5.69 Å². The molecular formula is C15H18N2O2S. The smallest absolute Gasteiger partial charge is 0.271 e. The number of carbonyl (C=O) groups excluding carboxylic acids is 1.